The molecule has 0 aromatic carbocycles. The Balaban J connectivity index is 1.89. The van der Waals surface area contributed by atoms with Crippen molar-refractivity contribution in [2.24, 2.45) is 11.8 Å². The Morgan fingerprint density at radius 2 is 2.33 bits per heavy atom. The van der Waals surface area contributed by atoms with Crippen LogP contribution in [0.3, 0.4) is 0 Å². The van der Waals surface area contributed by atoms with Crippen molar-refractivity contribution < 1.29 is 8.42 Å². The molecule has 2 heterocycles. The number of nitrogens with one attached hydrogen (secondary N) is 1. The second kappa shape index (κ2) is 5.30. The Hall–Kier alpha value is -1.04. The lowest BCUT2D eigenvalue weighted by atomic mass is 10.1. The Morgan fingerprint density at radius 1 is 1.56 bits per heavy atom. The molecular formula is C12H21N3O2S. The third kappa shape index (κ3) is 3.48. The molecule has 5 nitrogen and oxygen atoms in total. The van der Waals surface area contributed by atoms with Gasteiger partial charge in [0.2, 0.25) is 5.95 Å². The van der Waals surface area contributed by atoms with Gasteiger partial charge in [-0.2, -0.15) is 0 Å². The molecule has 1 aromatic heterocycles. The predicted molar refractivity (Wildman–Crippen MR) is 72.3 cm³/mol. The Bertz CT molecular complexity index is 493. The molecule has 1 aliphatic rings. The van der Waals surface area contributed by atoms with E-state index in [1.807, 2.05) is 6.20 Å². The third-order valence-corrected chi connectivity index (χ3v) is 4.99. The second-order valence-electron chi connectivity index (χ2n) is 5.45. The minimum atomic E-state index is -2.78. The van der Waals surface area contributed by atoms with Crippen LogP contribution in [0.15, 0.2) is 12.4 Å². The van der Waals surface area contributed by atoms with Gasteiger partial charge in [0.05, 0.1) is 11.5 Å². The maximum absolute atomic E-state index is 11.4. The van der Waals surface area contributed by atoms with Crippen molar-refractivity contribution in [3.63, 3.8) is 0 Å². The quantitative estimate of drug-likeness (QED) is 0.879. The average molecular weight is 271 g/mol. The van der Waals surface area contributed by atoms with Crippen LogP contribution >= 0.6 is 0 Å². The van der Waals surface area contributed by atoms with Gasteiger partial charge in [-0.05, 0) is 18.3 Å². The molecule has 0 aliphatic carbocycles. The van der Waals surface area contributed by atoms with Crippen LogP contribution in [0.2, 0.25) is 0 Å². The minimum absolute atomic E-state index is 0.221. The van der Waals surface area contributed by atoms with E-state index in [4.69, 9.17) is 0 Å². The van der Waals surface area contributed by atoms with Crippen molar-refractivity contribution in [1.82, 2.24) is 9.55 Å². The maximum Gasteiger partial charge on any atom is 0.202 e. The van der Waals surface area contributed by atoms with E-state index in [0.29, 0.717) is 24.0 Å². The summed E-state index contributed by atoms with van der Waals surface area (Å²) in [5, 5.41) is 3.27. The molecular weight excluding hydrogens is 250 g/mol. The van der Waals surface area contributed by atoms with Gasteiger partial charge in [0.15, 0.2) is 9.84 Å². The van der Waals surface area contributed by atoms with Crippen LogP contribution < -0.4 is 5.32 Å². The van der Waals surface area contributed by atoms with E-state index in [-0.39, 0.29) is 5.92 Å². The van der Waals surface area contributed by atoms with Crippen molar-refractivity contribution >= 4 is 15.8 Å². The summed E-state index contributed by atoms with van der Waals surface area (Å²) in [7, 11) is -2.78. The molecule has 1 unspecified atom stereocenters. The second-order valence-corrected chi connectivity index (χ2v) is 7.68. The molecule has 102 valence electrons. The highest BCUT2D eigenvalue weighted by Gasteiger charge is 2.27. The van der Waals surface area contributed by atoms with E-state index in [1.165, 1.54) is 0 Å². The van der Waals surface area contributed by atoms with Crippen molar-refractivity contribution in [2.75, 3.05) is 23.4 Å². The molecule has 1 N–H and O–H groups in total. The van der Waals surface area contributed by atoms with Gasteiger partial charge in [0, 0.05) is 25.5 Å². The summed E-state index contributed by atoms with van der Waals surface area (Å²) >= 11 is 0. The molecule has 0 amide bonds. The first kappa shape index (κ1) is 13.4. The number of nitrogens with zero attached hydrogens (tertiary/aromatic N) is 2. The summed E-state index contributed by atoms with van der Waals surface area (Å²) in [5.41, 5.74) is 0. The van der Waals surface area contributed by atoms with Crippen molar-refractivity contribution in [3.8, 4) is 0 Å². The van der Waals surface area contributed by atoms with Gasteiger partial charge < -0.3 is 9.88 Å². The lowest BCUT2D eigenvalue weighted by Gasteiger charge is -2.13. The molecule has 18 heavy (non-hydrogen) atoms. The fraction of sp³-hybridized carbons (Fsp3) is 0.750. The zero-order valence-corrected chi connectivity index (χ0v) is 11.8. The van der Waals surface area contributed by atoms with Crippen LogP contribution in [0.25, 0.3) is 0 Å². The highest BCUT2D eigenvalue weighted by atomic mass is 32.2. The highest BCUT2D eigenvalue weighted by Crippen LogP contribution is 2.19. The number of hydrogen-bond donors (Lipinski definition) is 1. The van der Waals surface area contributed by atoms with Crippen LogP contribution in [-0.2, 0) is 16.4 Å². The first-order chi connectivity index (χ1) is 8.46. The summed E-state index contributed by atoms with van der Waals surface area (Å²) in [5.74, 6) is 2.27. The number of aromatic nitrogens is 2. The summed E-state index contributed by atoms with van der Waals surface area (Å²) in [6.45, 7) is 5.93. The molecule has 0 spiro atoms. The van der Waals surface area contributed by atoms with Crippen molar-refractivity contribution in [3.05, 3.63) is 12.4 Å². The van der Waals surface area contributed by atoms with Gasteiger partial charge >= 0.3 is 0 Å². The van der Waals surface area contributed by atoms with Crippen LogP contribution in [-0.4, -0.2) is 36.0 Å². The average Bonchev–Trinajstić information content (AvgIpc) is 2.81. The third-order valence-electron chi connectivity index (χ3n) is 3.15. The van der Waals surface area contributed by atoms with Gasteiger partial charge in [-0.25, -0.2) is 13.4 Å². The number of rotatable bonds is 5. The van der Waals surface area contributed by atoms with E-state index in [1.54, 1.807) is 6.20 Å². The van der Waals surface area contributed by atoms with Gasteiger partial charge in [-0.3, -0.25) is 0 Å². The van der Waals surface area contributed by atoms with Gasteiger partial charge in [0.1, 0.15) is 0 Å². The monoisotopic (exact) mass is 271 g/mol. The Morgan fingerprint density at radius 3 is 2.94 bits per heavy atom. The summed E-state index contributed by atoms with van der Waals surface area (Å²) in [6.07, 6.45) is 4.49. The topological polar surface area (TPSA) is 64.0 Å². The summed E-state index contributed by atoms with van der Waals surface area (Å²) in [6, 6.07) is 0. The normalized spacial score (nSPS) is 22.5. The van der Waals surface area contributed by atoms with Crippen molar-refractivity contribution in [1.29, 1.82) is 0 Å². The van der Waals surface area contributed by atoms with Gasteiger partial charge in [0.25, 0.3) is 0 Å². The Kier molecular flexibility index (Phi) is 3.94. The number of imidazole rings is 1. The van der Waals surface area contributed by atoms with E-state index in [2.05, 4.69) is 28.7 Å². The summed E-state index contributed by atoms with van der Waals surface area (Å²) in [4.78, 5) is 4.27. The van der Waals surface area contributed by atoms with Crippen LogP contribution in [0.5, 0.6) is 0 Å². The minimum Gasteiger partial charge on any atom is -0.355 e. The molecule has 0 radical (unpaired) electrons. The standard InChI is InChI=1S/C12H21N3O2S/c1-10(2)8-15-5-4-13-12(15)14-7-11-3-6-18(16,17)9-11/h4-5,10-11H,3,6-9H2,1-2H3,(H,13,14). The Labute approximate surface area is 109 Å². The van der Waals surface area contributed by atoms with E-state index in [0.717, 1.165) is 18.9 Å². The summed E-state index contributed by atoms with van der Waals surface area (Å²) < 4.78 is 24.8. The molecule has 1 aromatic rings. The fourth-order valence-corrected chi connectivity index (χ4v) is 4.15. The SMILES string of the molecule is CC(C)Cn1ccnc1NCC1CCS(=O)(=O)C1. The number of hydrogen-bond acceptors (Lipinski definition) is 4. The first-order valence-corrected chi connectivity index (χ1v) is 8.24. The zero-order chi connectivity index (χ0) is 13.2. The predicted octanol–water partition coefficient (Wildman–Crippen LogP) is 1.39. The van der Waals surface area contributed by atoms with Crippen LogP contribution in [0.4, 0.5) is 5.95 Å². The van der Waals surface area contributed by atoms with E-state index < -0.39 is 9.84 Å². The fourth-order valence-electron chi connectivity index (χ4n) is 2.29. The molecule has 2 rings (SSSR count). The molecule has 1 fully saturated rings. The smallest absolute Gasteiger partial charge is 0.202 e. The lowest BCUT2D eigenvalue weighted by molar-refractivity contribution is 0.523. The van der Waals surface area contributed by atoms with E-state index in [9.17, 15) is 8.42 Å². The number of sulfone groups is 1. The van der Waals surface area contributed by atoms with Crippen molar-refractivity contribution in [2.45, 2.75) is 26.8 Å². The number of anilines is 1. The molecule has 6 heteroatoms. The maximum atomic E-state index is 11.4. The molecule has 0 bridgehead atoms. The zero-order valence-electron chi connectivity index (χ0n) is 11.0. The lowest BCUT2D eigenvalue weighted by Crippen LogP contribution is -2.18. The van der Waals surface area contributed by atoms with Gasteiger partial charge in [-0.1, -0.05) is 13.8 Å². The highest BCUT2D eigenvalue weighted by molar-refractivity contribution is 7.91. The molecule has 0 saturated carbocycles. The van der Waals surface area contributed by atoms with Crippen LogP contribution in [0.1, 0.15) is 20.3 Å². The molecule has 1 atom stereocenters. The van der Waals surface area contributed by atoms with Crippen LogP contribution in [0, 0.1) is 11.8 Å². The van der Waals surface area contributed by atoms with E-state index >= 15 is 0 Å². The molecule has 1 aliphatic heterocycles. The van der Waals surface area contributed by atoms with Gasteiger partial charge in [-0.15, -0.1) is 0 Å². The first-order valence-electron chi connectivity index (χ1n) is 6.42. The largest absolute Gasteiger partial charge is 0.355 e. The molecule has 1 saturated heterocycles.